The Kier molecular flexibility index (Phi) is 8.34. The third-order valence-corrected chi connectivity index (χ3v) is 4.93. The SMILES string of the molecule is COc1ccc(CCNC(=O)c2ccccc2NC(=O)C[NH2+]Cc2ccc(F)cc2)cc1. The van der Waals surface area contributed by atoms with Crippen LogP contribution in [0, 0.1) is 5.82 Å². The number of amides is 2. The number of nitrogens with two attached hydrogens (primary N) is 1. The van der Waals surface area contributed by atoms with Crippen LogP contribution >= 0.6 is 0 Å². The number of halogens is 1. The summed E-state index contributed by atoms with van der Waals surface area (Å²) >= 11 is 0. The Morgan fingerprint density at radius 3 is 2.34 bits per heavy atom. The molecule has 0 heterocycles. The summed E-state index contributed by atoms with van der Waals surface area (Å²) in [6.07, 6.45) is 0.683. The number of hydrogen-bond acceptors (Lipinski definition) is 3. The van der Waals surface area contributed by atoms with Crippen LogP contribution in [0.3, 0.4) is 0 Å². The summed E-state index contributed by atoms with van der Waals surface area (Å²) in [6.45, 7) is 1.21. The zero-order valence-corrected chi connectivity index (χ0v) is 17.9. The number of ether oxygens (including phenoxy) is 1. The third kappa shape index (κ3) is 6.92. The Morgan fingerprint density at radius 1 is 0.938 bits per heavy atom. The molecule has 7 heteroatoms. The molecule has 6 nitrogen and oxygen atoms in total. The van der Waals surface area contributed by atoms with E-state index in [9.17, 15) is 14.0 Å². The smallest absolute Gasteiger partial charge is 0.279 e. The molecular weight excluding hydrogens is 409 g/mol. The molecule has 3 aromatic rings. The Bertz CT molecular complexity index is 1040. The second kappa shape index (κ2) is 11.6. The van der Waals surface area contributed by atoms with Gasteiger partial charge in [-0.3, -0.25) is 9.59 Å². The highest BCUT2D eigenvalue weighted by molar-refractivity contribution is 6.03. The zero-order valence-electron chi connectivity index (χ0n) is 17.9. The van der Waals surface area contributed by atoms with Gasteiger partial charge in [0.15, 0.2) is 6.54 Å². The van der Waals surface area contributed by atoms with Crippen molar-refractivity contribution in [3.63, 3.8) is 0 Å². The Labute approximate surface area is 186 Å². The molecule has 166 valence electrons. The molecule has 0 aliphatic rings. The van der Waals surface area contributed by atoms with Crippen molar-refractivity contribution >= 4 is 17.5 Å². The first-order valence-corrected chi connectivity index (χ1v) is 10.4. The van der Waals surface area contributed by atoms with Crippen LogP contribution in [0.4, 0.5) is 10.1 Å². The first kappa shape index (κ1) is 23.0. The zero-order chi connectivity index (χ0) is 22.8. The van der Waals surface area contributed by atoms with Crippen molar-refractivity contribution in [2.24, 2.45) is 0 Å². The third-order valence-electron chi connectivity index (χ3n) is 4.93. The van der Waals surface area contributed by atoms with Gasteiger partial charge in [0.05, 0.1) is 18.4 Å². The quantitative estimate of drug-likeness (QED) is 0.457. The fourth-order valence-corrected chi connectivity index (χ4v) is 3.19. The van der Waals surface area contributed by atoms with Gasteiger partial charge in [-0.05, 0) is 48.4 Å². The van der Waals surface area contributed by atoms with E-state index in [-0.39, 0.29) is 24.2 Å². The van der Waals surface area contributed by atoms with Gasteiger partial charge in [0.1, 0.15) is 18.1 Å². The van der Waals surface area contributed by atoms with Crippen molar-refractivity contribution in [3.8, 4) is 5.75 Å². The van der Waals surface area contributed by atoms with E-state index in [0.29, 0.717) is 30.8 Å². The van der Waals surface area contributed by atoms with E-state index < -0.39 is 0 Å². The Balaban J connectivity index is 1.48. The lowest BCUT2D eigenvalue weighted by Gasteiger charge is -2.11. The highest BCUT2D eigenvalue weighted by atomic mass is 19.1. The molecule has 3 aromatic carbocycles. The second-order valence-corrected chi connectivity index (χ2v) is 7.27. The van der Waals surface area contributed by atoms with Gasteiger partial charge in [0, 0.05) is 12.1 Å². The van der Waals surface area contributed by atoms with Crippen LogP contribution < -0.4 is 20.7 Å². The number of hydrogen-bond donors (Lipinski definition) is 3. The minimum Gasteiger partial charge on any atom is -0.497 e. The monoisotopic (exact) mass is 436 g/mol. The summed E-state index contributed by atoms with van der Waals surface area (Å²) in [5, 5.41) is 7.52. The molecule has 2 amide bonds. The number of rotatable bonds is 10. The van der Waals surface area contributed by atoms with E-state index in [4.69, 9.17) is 4.74 Å². The molecule has 0 bridgehead atoms. The van der Waals surface area contributed by atoms with E-state index in [1.165, 1.54) is 12.1 Å². The minimum atomic E-state index is -0.287. The number of benzene rings is 3. The number of anilines is 1. The minimum absolute atomic E-state index is 0.185. The van der Waals surface area contributed by atoms with Crippen LogP contribution in [0.2, 0.25) is 0 Å². The van der Waals surface area contributed by atoms with Crippen LogP contribution in [-0.2, 0) is 17.8 Å². The molecule has 0 aromatic heterocycles. The van der Waals surface area contributed by atoms with Crippen molar-refractivity contribution in [2.45, 2.75) is 13.0 Å². The number of nitrogens with one attached hydrogen (secondary N) is 2. The predicted molar refractivity (Wildman–Crippen MR) is 121 cm³/mol. The first-order chi connectivity index (χ1) is 15.5. The number of carbonyl (C=O) groups is 2. The molecule has 0 aliphatic heterocycles. The molecule has 0 fully saturated rings. The van der Waals surface area contributed by atoms with Crippen LogP contribution in [0.25, 0.3) is 0 Å². The molecular formula is C25H27FN3O3+. The van der Waals surface area contributed by atoms with Crippen molar-refractivity contribution in [2.75, 3.05) is 25.5 Å². The molecule has 3 rings (SSSR count). The summed E-state index contributed by atoms with van der Waals surface area (Å²) in [5.74, 6) is 0.0399. The maximum Gasteiger partial charge on any atom is 0.279 e. The van der Waals surface area contributed by atoms with Gasteiger partial charge in [-0.15, -0.1) is 0 Å². The molecule has 4 N–H and O–H groups in total. The average Bonchev–Trinajstić information content (AvgIpc) is 2.81. The van der Waals surface area contributed by atoms with Gasteiger partial charge in [-0.1, -0.05) is 36.4 Å². The van der Waals surface area contributed by atoms with Gasteiger partial charge in [-0.25, -0.2) is 4.39 Å². The lowest BCUT2D eigenvalue weighted by atomic mass is 10.1. The number of methoxy groups -OCH3 is 1. The highest BCUT2D eigenvalue weighted by Gasteiger charge is 2.13. The predicted octanol–water partition coefficient (Wildman–Crippen LogP) is 2.51. The number of quaternary nitrogens is 1. The molecule has 0 radical (unpaired) electrons. The van der Waals surface area contributed by atoms with Crippen molar-refractivity contribution in [1.82, 2.24) is 5.32 Å². The van der Waals surface area contributed by atoms with Crippen molar-refractivity contribution in [3.05, 3.63) is 95.3 Å². The largest absolute Gasteiger partial charge is 0.497 e. The molecule has 0 atom stereocenters. The molecule has 0 unspecified atom stereocenters. The Hall–Kier alpha value is -3.71. The van der Waals surface area contributed by atoms with Crippen molar-refractivity contribution in [1.29, 1.82) is 0 Å². The maximum absolute atomic E-state index is 13.0. The summed E-state index contributed by atoms with van der Waals surface area (Å²) in [6, 6.07) is 20.8. The van der Waals surface area contributed by atoms with Gasteiger partial charge in [0.25, 0.3) is 11.8 Å². The van der Waals surface area contributed by atoms with Crippen LogP contribution in [0.5, 0.6) is 5.75 Å². The van der Waals surface area contributed by atoms with E-state index in [0.717, 1.165) is 16.9 Å². The van der Waals surface area contributed by atoms with Gasteiger partial charge in [0.2, 0.25) is 0 Å². The van der Waals surface area contributed by atoms with Crippen LogP contribution in [-0.4, -0.2) is 32.0 Å². The van der Waals surface area contributed by atoms with E-state index in [1.807, 2.05) is 29.6 Å². The molecule has 0 spiro atoms. The van der Waals surface area contributed by atoms with E-state index in [2.05, 4.69) is 10.6 Å². The van der Waals surface area contributed by atoms with Crippen LogP contribution in [0.1, 0.15) is 21.5 Å². The van der Waals surface area contributed by atoms with Gasteiger partial charge >= 0.3 is 0 Å². The first-order valence-electron chi connectivity index (χ1n) is 10.4. The average molecular weight is 437 g/mol. The Morgan fingerprint density at radius 2 is 1.62 bits per heavy atom. The van der Waals surface area contributed by atoms with Gasteiger partial charge in [-0.2, -0.15) is 0 Å². The summed E-state index contributed by atoms with van der Waals surface area (Å²) in [5.41, 5.74) is 2.89. The van der Waals surface area contributed by atoms with Crippen LogP contribution in [0.15, 0.2) is 72.8 Å². The standard InChI is InChI=1S/C25H26FN3O3/c1-32-21-12-8-18(9-13-21)14-15-28-25(31)22-4-2-3-5-23(22)29-24(30)17-27-16-19-6-10-20(26)11-7-19/h2-13,27H,14-17H2,1H3,(H,28,31)(H,29,30)/p+1. The lowest BCUT2D eigenvalue weighted by molar-refractivity contribution is -0.659. The maximum atomic E-state index is 13.0. The molecule has 0 aliphatic carbocycles. The molecule has 0 saturated heterocycles. The summed E-state index contributed by atoms with van der Waals surface area (Å²) < 4.78 is 18.1. The highest BCUT2D eigenvalue weighted by Crippen LogP contribution is 2.15. The molecule has 0 saturated carbocycles. The molecule has 32 heavy (non-hydrogen) atoms. The normalized spacial score (nSPS) is 10.4. The fraction of sp³-hybridized carbons (Fsp3) is 0.200. The fourth-order valence-electron chi connectivity index (χ4n) is 3.19. The lowest BCUT2D eigenvalue weighted by Crippen LogP contribution is -2.84. The summed E-state index contributed by atoms with van der Waals surface area (Å²) in [7, 11) is 1.62. The van der Waals surface area contributed by atoms with Crippen molar-refractivity contribution < 1.29 is 24.0 Å². The van der Waals surface area contributed by atoms with Gasteiger partial charge < -0.3 is 20.7 Å². The topological polar surface area (TPSA) is 84.0 Å². The van der Waals surface area contributed by atoms with E-state index >= 15 is 0 Å². The summed E-state index contributed by atoms with van der Waals surface area (Å²) in [4.78, 5) is 25.0. The van der Waals surface area contributed by atoms with E-state index in [1.54, 1.807) is 43.5 Å². The number of para-hydroxylation sites is 1. The second-order valence-electron chi connectivity index (χ2n) is 7.27. The number of carbonyl (C=O) groups excluding carboxylic acids is 2.